The average Bonchev–Trinajstić information content (AvgIpc) is 3.13. The summed E-state index contributed by atoms with van der Waals surface area (Å²) in [4.78, 5) is 44.0. The lowest BCUT2D eigenvalue weighted by molar-refractivity contribution is 0.102. The van der Waals surface area contributed by atoms with E-state index in [-0.39, 0.29) is 5.91 Å². The Kier molecular flexibility index (Phi) is 6.55. The second-order valence-corrected chi connectivity index (χ2v) is 8.15. The van der Waals surface area contributed by atoms with Gasteiger partial charge in [-0.15, -0.1) is 0 Å². The molecular formula is C25H25N5O4. The number of nitrogens with one attached hydrogen (secondary N) is 2. The molecule has 0 saturated carbocycles. The summed E-state index contributed by atoms with van der Waals surface area (Å²) in [5.41, 5.74) is 3.48. The summed E-state index contributed by atoms with van der Waals surface area (Å²) in [6.07, 6.45) is 3.06. The first-order valence-corrected chi connectivity index (χ1v) is 10.7. The van der Waals surface area contributed by atoms with E-state index in [2.05, 4.69) is 15.6 Å². The molecule has 34 heavy (non-hydrogen) atoms. The maximum Gasteiger partial charge on any atom is 0.419 e. The van der Waals surface area contributed by atoms with Crippen molar-refractivity contribution in [3.05, 3.63) is 88.2 Å². The molecule has 2 heterocycles. The molecule has 0 saturated heterocycles. The summed E-state index contributed by atoms with van der Waals surface area (Å²) < 4.78 is 6.86. The molecular weight excluding hydrogens is 434 g/mol. The Hall–Kier alpha value is -4.24. The number of likely N-dealkylation sites (N-methyl/N-ethyl adjacent to an activating group) is 1. The van der Waals surface area contributed by atoms with Crippen molar-refractivity contribution >= 4 is 34.3 Å². The lowest BCUT2D eigenvalue weighted by Crippen LogP contribution is -2.23. The van der Waals surface area contributed by atoms with Gasteiger partial charge >= 0.3 is 5.76 Å². The minimum atomic E-state index is -0.444. The third-order valence-electron chi connectivity index (χ3n) is 5.39. The summed E-state index contributed by atoms with van der Waals surface area (Å²) in [5.74, 6) is -1.17. The number of aryl methyl sites for hydroxylation is 1. The van der Waals surface area contributed by atoms with E-state index < -0.39 is 11.7 Å². The number of carbonyl (C=O) groups excluding carboxylic acids is 2. The van der Waals surface area contributed by atoms with Gasteiger partial charge in [0.1, 0.15) is 0 Å². The molecule has 9 heteroatoms. The molecule has 0 aliphatic carbocycles. The van der Waals surface area contributed by atoms with Gasteiger partial charge in [-0.2, -0.15) is 0 Å². The number of fused-ring (bicyclic) bond motifs is 1. The molecule has 4 aromatic rings. The highest BCUT2D eigenvalue weighted by Crippen LogP contribution is 2.24. The maximum atomic E-state index is 13.2. The molecule has 0 aliphatic rings. The number of carbonyl (C=O) groups is 2. The van der Waals surface area contributed by atoms with E-state index in [4.69, 9.17) is 4.42 Å². The van der Waals surface area contributed by atoms with Crippen molar-refractivity contribution in [1.29, 1.82) is 0 Å². The molecule has 0 aliphatic heterocycles. The van der Waals surface area contributed by atoms with E-state index in [0.29, 0.717) is 46.7 Å². The fraction of sp³-hybridized carbons (Fsp3) is 0.200. The molecule has 174 valence electrons. The summed E-state index contributed by atoms with van der Waals surface area (Å²) in [6.45, 7) is 2.94. The standard InChI is InChI=1S/C25H25N5O4/c1-16-5-4-6-19(22(16)28-23(31)17-9-11-26-12-10-17)24(32)27-18-7-8-21-20(15-18)30(25(33)34-21)14-13-29(2)3/h4-12,15H,13-14H2,1-3H3,(H,27,32)(H,28,31). The predicted molar refractivity (Wildman–Crippen MR) is 130 cm³/mol. The Labute approximate surface area is 196 Å². The van der Waals surface area contributed by atoms with E-state index >= 15 is 0 Å². The minimum Gasteiger partial charge on any atom is -0.408 e. The third-order valence-corrected chi connectivity index (χ3v) is 5.39. The molecule has 0 bridgehead atoms. The Morgan fingerprint density at radius 1 is 1.03 bits per heavy atom. The fourth-order valence-corrected chi connectivity index (χ4v) is 3.56. The van der Waals surface area contributed by atoms with Crippen LogP contribution in [0.2, 0.25) is 0 Å². The van der Waals surface area contributed by atoms with Crippen molar-refractivity contribution < 1.29 is 14.0 Å². The van der Waals surface area contributed by atoms with Gasteiger partial charge in [-0.3, -0.25) is 19.1 Å². The molecule has 0 spiro atoms. The molecule has 0 radical (unpaired) electrons. The van der Waals surface area contributed by atoms with Crippen molar-refractivity contribution in [2.24, 2.45) is 0 Å². The quantitative estimate of drug-likeness (QED) is 0.439. The topological polar surface area (TPSA) is 109 Å². The number of anilines is 2. The highest BCUT2D eigenvalue weighted by molar-refractivity contribution is 6.13. The van der Waals surface area contributed by atoms with Crippen molar-refractivity contribution in [2.45, 2.75) is 13.5 Å². The predicted octanol–water partition coefficient (Wildman–Crippen LogP) is 3.36. The SMILES string of the molecule is Cc1cccc(C(=O)Nc2ccc3oc(=O)n(CCN(C)C)c3c2)c1NC(=O)c1ccncc1. The number of pyridine rings is 1. The van der Waals surface area contributed by atoms with Gasteiger partial charge in [0.05, 0.1) is 16.8 Å². The third kappa shape index (κ3) is 4.89. The first kappa shape index (κ1) is 22.9. The van der Waals surface area contributed by atoms with Gasteiger partial charge in [-0.1, -0.05) is 12.1 Å². The second-order valence-electron chi connectivity index (χ2n) is 8.15. The molecule has 2 aromatic carbocycles. The largest absolute Gasteiger partial charge is 0.419 e. The molecule has 9 nitrogen and oxygen atoms in total. The number of nitrogens with zero attached hydrogens (tertiary/aromatic N) is 3. The average molecular weight is 460 g/mol. The van der Waals surface area contributed by atoms with Crippen LogP contribution in [0.1, 0.15) is 26.3 Å². The Balaban J connectivity index is 1.60. The fourth-order valence-electron chi connectivity index (χ4n) is 3.56. The van der Waals surface area contributed by atoms with Crippen LogP contribution in [0.3, 0.4) is 0 Å². The zero-order valence-corrected chi connectivity index (χ0v) is 19.2. The Bertz CT molecular complexity index is 1410. The molecule has 2 aromatic heterocycles. The monoisotopic (exact) mass is 459 g/mol. The molecule has 4 rings (SSSR count). The van der Waals surface area contributed by atoms with Crippen LogP contribution >= 0.6 is 0 Å². The summed E-state index contributed by atoms with van der Waals surface area (Å²) in [5, 5.41) is 5.70. The van der Waals surface area contributed by atoms with E-state index in [1.165, 1.54) is 17.0 Å². The number of hydrogen-bond donors (Lipinski definition) is 2. The molecule has 2 amide bonds. The molecule has 2 N–H and O–H groups in total. The van der Waals surface area contributed by atoms with Crippen molar-refractivity contribution in [3.8, 4) is 0 Å². The summed E-state index contributed by atoms with van der Waals surface area (Å²) in [6, 6.07) is 13.5. The molecule has 0 atom stereocenters. The molecule has 0 fully saturated rings. The van der Waals surface area contributed by atoms with E-state index in [1.807, 2.05) is 32.0 Å². The number of benzene rings is 2. The highest BCUT2D eigenvalue weighted by Gasteiger charge is 2.18. The van der Waals surface area contributed by atoms with Crippen molar-refractivity contribution in [3.63, 3.8) is 0 Å². The highest BCUT2D eigenvalue weighted by atomic mass is 16.4. The van der Waals surface area contributed by atoms with Crippen LogP contribution in [-0.2, 0) is 6.54 Å². The first-order chi connectivity index (χ1) is 16.3. The van der Waals surface area contributed by atoms with Crippen LogP contribution in [-0.4, -0.2) is 46.9 Å². The zero-order valence-electron chi connectivity index (χ0n) is 19.2. The maximum absolute atomic E-state index is 13.2. The van der Waals surface area contributed by atoms with Gasteiger partial charge in [0.25, 0.3) is 11.8 Å². The first-order valence-electron chi connectivity index (χ1n) is 10.7. The van der Waals surface area contributed by atoms with Gasteiger partial charge in [-0.05, 0) is 63.0 Å². The number of rotatable bonds is 7. The van der Waals surface area contributed by atoms with Crippen molar-refractivity contribution in [1.82, 2.24) is 14.5 Å². The van der Waals surface area contributed by atoms with Gasteiger partial charge in [0, 0.05) is 36.7 Å². The van der Waals surface area contributed by atoms with Crippen LogP contribution in [0.4, 0.5) is 11.4 Å². The molecule has 0 unspecified atom stereocenters. The van der Waals surface area contributed by atoms with E-state index in [1.54, 1.807) is 42.5 Å². The Morgan fingerprint density at radius 3 is 2.53 bits per heavy atom. The number of para-hydroxylation sites is 1. The lowest BCUT2D eigenvalue weighted by Gasteiger charge is -2.14. The summed E-state index contributed by atoms with van der Waals surface area (Å²) >= 11 is 0. The van der Waals surface area contributed by atoms with Gasteiger partial charge < -0.3 is 20.0 Å². The van der Waals surface area contributed by atoms with Gasteiger partial charge in [-0.25, -0.2) is 4.79 Å². The van der Waals surface area contributed by atoms with Crippen LogP contribution < -0.4 is 16.4 Å². The number of aromatic nitrogens is 2. The van der Waals surface area contributed by atoms with Crippen molar-refractivity contribution in [2.75, 3.05) is 31.3 Å². The van der Waals surface area contributed by atoms with Crippen LogP contribution in [0, 0.1) is 6.92 Å². The van der Waals surface area contributed by atoms with Crippen LogP contribution in [0.25, 0.3) is 11.1 Å². The lowest BCUT2D eigenvalue weighted by atomic mass is 10.1. The number of oxazole rings is 1. The zero-order chi connectivity index (χ0) is 24.2. The minimum absolute atomic E-state index is 0.319. The summed E-state index contributed by atoms with van der Waals surface area (Å²) in [7, 11) is 3.84. The smallest absolute Gasteiger partial charge is 0.408 e. The number of amides is 2. The second kappa shape index (κ2) is 9.72. The van der Waals surface area contributed by atoms with Crippen LogP contribution in [0.15, 0.2) is 70.1 Å². The normalized spacial score (nSPS) is 11.1. The van der Waals surface area contributed by atoms with Gasteiger partial charge in [0.15, 0.2) is 5.58 Å². The van der Waals surface area contributed by atoms with E-state index in [0.717, 1.165) is 5.56 Å². The number of hydrogen-bond acceptors (Lipinski definition) is 6. The van der Waals surface area contributed by atoms with E-state index in [9.17, 15) is 14.4 Å². The van der Waals surface area contributed by atoms with Gasteiger partial charge in [0.2, 0.25) is 0 Å². The Morgan fingerprint density at radius 2 is 1.79 bits per heavy atom. The van der Waals surface area contributed by atoms with Crippen LogP contribution in [0.5, 0.6) is 0 Å².